The fourth-order valence-corrected chi connectivity index (χ4v) is 3.67. The largest absolute Gasteiger partial charge is 0.322 e. The van der Waals surface area contributed by atoms with Crippen LogP contribution >= 0.6 is 11.3 Å². The molecule has 104 valence electrons. The molecule has 2 aromatic heterocycles. The van der Waals surface area contributed by atoms with E-state index in [-0.39, 0.29) is 5.91 Å². The molecule has 1 aliphatic rings. The van der Waals surface area contributed by atoms with Crippen LogP contribution in [0.15, 0.2) is 60.2 Å². The molecule has 0 saturated heterocycles. The van der Waals surface area contributed by atoms with Gasteiger partial charge in [-0.05, 0) is 41.6 Å². The highest BCUT2D eigenvalue weighted by Gasteiger charge is 2.27. The summed E-state index contributed by atoms with van der Waals surface area (Å²) < 4.78 is 1.99. The number of carbonyl (C=O) groups excluding carboxylic acids is 1. The number of anilines is 1. The van der Waals surface area contributed by atoms with Crippen molar-refractivity contribution in [2.75, 3.05) is 11.4 Å². The van der Waals surface area contributed by atoms with Crippen LogP contribution in [0.4, 0.5) is 5.69 Å². The van der Waals surface area contributed by atoms with Gasteiger partial charge in [-0.1, -0.05) is 18.2 Å². The van der Waals surface area contributed by atoms with Gasteiger partial charge in [0.15, 0.2) is 0 Å². The normalized spacial score (nSPS) is 13.4. The van der Waals surface area contributed by atoms with Gasteiger partial charge >= 0.3 is 0 Å². The number of carbonyl (C=O) groups is 1. The Bertz CT molecular complexity index is 789. The predicted molar refractivity (Wildman–Crippen MR) is 85.5 cm³/mol. The first-order valence-corrected chi connectivity index (χ1v) is 7.83. The number of hydrogen-bond donors (Lipinski definition) is 0. The molecule has 0 atom stereocenters. The van der Waals surface area contributed by atoms with Crippen molar-refractivity contribution in [3.8, 4) is 5.69 Å². The average Bonchev–Trinajstić information content (AvgIpc) is 3.25. The zero-order chi connectivity index (χ0) is 14.2. The van der Waals surface area contributed by atoms with E-state index in [1.54, 1.807) is 0 Å². The maximum Gasteiger partial charge on any atom is 0.270 e. The van der Waals surface area contributed by atoms with Gasteiger partial charge in [0.05, 0.1) is 5.69 Å². The number of amides is 1. The van der Waals surface area contributed by atoms with Crippen molar-refractivity contribution in [2.45, 2.75) is 6.42 Å². The molecule has 3 aromatic rings. The Hall–Kier alpha value is -2.33. The van der Waals surface area contributed by atoms with Crippen molar-refractivity contribution in [1.82, 2.24) is 4.57 Å². The lowest BCUT2D eigenvalue weighted by molar-refractivity contribution is 0.0993. The summed E-state index contributed by atoms with van der Waals surface area (Å²) in [6, 6.07) is 14.1. The third-order valence-corrected chi connectivity index (χ3v) is 4.75. The van der Waals surface area contributed by atoms with E-state index < -0.39 is 0 Å². The van der Waals surface area contributed by atoms with Crippen LogP contribution in [0.2, 0.25) is 0 Å². The third-order valence-electron chi connectivity index (χ3n) is 3.85. The molecule has 4 heteroatoms. The molecular formula is C17H14N2OS. The summed E-state index contributed by atoms with van der Waals surface area (Å²) in [6.45, 7) is 0.765. The number of rotatable bonds is 2. The molecule has 3 heterocycles. The Kier molecular flexibility index (Phi) is 2.89. The van der Waals surface area contributed by atoms with Crippen LogP contribution in [0.5, 0.6) is 0 Å². The lowest BCUT2D eigenvalue weighted by atomic mass is 10.2. The van der Waals surface area contributed by atoms with E-state index in [2.05, 4.69) is 6.07 Å². The lowest BCUT2D eigenvalue weighted by Gasteiger charge is -2.17. The fraction of sp³-hybridized carbons (Fsp3) is 0.118. The summed E-state index contributed by atoms with van der Waals surface area (Å²) >= 11 is 1.51. The van der Waals surface area contributed by atoms with E-state index >= 15 is 0 Å². The van der Waals surface area contributed by atoms with E-state index in [9.17, 15) is 4.79 Å². The highest BCUT2D eigenvalue weighted by molar-refractivity contribution is 7.12. The summed E-state index contributed by atoms with van der Waals surface area (Å²) in [5.41, 5.74) is 3.26. The van der Waals surface area contributed by atoms with Crippen molar-refractivity contribution in [3.05, 3.63) is 70.7 Å². The molecule has 0 saturated carbocycles. The minimum Gasteiger partial charge on any atom is -0.322 e. The second kappa shape index (κ2) is 4.90. The standard InChI is InChI=1S/C17H14N2OS/c20-17(19-11-7-13-5-1-2-6-14(13)19)16-15(8-12-21-16)18-9-3-4-10-18/h1-6,8-10,12H,7,11H2. The maximum atomic E-state index is 12.9. The van der Waals surface area contributed by atoms with Crippen LogP contribution in [-0.2, 0) is 6.42 Å². The van der Waals surface area contributed by atoms with Crippen LogP contribution in [0.3, 0.4) is 0 Å². The SMILES string of the molecule is O=C(c1sccc1-n1cccc1)N1CCc2ccccc21. The first-order valence-electron chi connectivity index (χ1n) is 6.95. The Morgan fingerprint density at radius 1 is 1.00 bits per heavy atom. The highest BCUT2D eigenvalue weighted by Crippen LogP contribution is 2.31. The van der Waals surface area contributed by atoms with Crippen LogP contribution < -0.4 is 4.90 Å². The smallest absolute Gasteiger partial charge is 0.270 e. The van der Waals surface area contributed by atoms with Crippen LogP contribution in [0, 0.1) is 0 Å². The second-order valence-corrected chi connectivity index (χ2v) is 5.98. The van der Waals surface area contributed by atoms with E-state index in [0.29, 0.717) is 0 Å². The minimum atomic E-state index is 0.0960. The van der Waals surface area contributed by atoms with Crippen molar-refractivity contribution in [1.29, 1.82) is 0 Å². The van der Waals surface area contributed by atoms with Gasteiger partial charge in [0.1, 0.15) is 4.88 Å². The van der Waals surface area contributed by atoms with Gasteiger partial charge < -0.3 is 9.47 Å². The first kappa shape index (κ1) is 12.4. The maximum absolute atomic E-state index is 12.9. The van der Waals surface area contributed by atoms with Gasteiger partial charge in [0.25, 0.3) is 5.91 Å². The van der Waals surface area contributed by atoms with Gasteiger partial charge in [0, 0.05) is 24.6 Å². The van der Waals surface area contributed by atoms with Crippen LogP contribution in [0.25, 0.3) is 5.69 Å². The topological polar surface area (TPSA) is 25.2 Å². The van der Waals surface area contributed by atoms with Crippen molar-refractivity contribution in [2.24, 2.45) is 0 Å². The molecule has 0 bridgehead atoms. The number of hydrogen-bond acceptors (Lipinski definition) is 2. The van der Waals surface area contributed by atoms with E-state index in [0.717, 1.165) is 29.2 Å². The summed E-state index contributed by atoms with van der Waals surface area (Å²) in [6.07, 6.45) is 4.87. The third kappa shape index (κ3) is 1.99. The molecule has 3 nitrogen and oxygen atoms in total. The Morgan fingerprint density at radius 2 is 1.81 bits per heavy atom. The Balaban J connectivity index is 1.73. The average molecular weight is 294 g/mol. The zero-order valence-electron chi connectivity index (χ0n) is 11.4. The monoisotopic (exact) mass is 294 g/mol. The highest BCUT2D eigenvalue weighted by atomic mass is 32.1. The Morgan fingerprint density at radius 3 is 2.67 bits per heavy atom. The van der Waals surface area contributed by atoms with Gasteiger partial charge in [-0.3, -0.25) is 4.79 Å². The first-order chi connectivity index (χ1) is 10.3. The number of nitrogens with zero attached hydrogens (tertiary/aromatic N) is 2. The van der Waals surface area contributed by atoms with Crippen molar-refractivity contribution >= 4 is 22.9 Å². The van der Waals surface area contributed by atoms with E-state index in [1.807, 2.05) is 63.6 Å². The number of fused-ring (bicyclic) bond motifs is 1. The molecule has 0 unspecified atom stereocenters. The predicted octanol–water partition coefficient (Wildman–Crippen LogP) is 3.74. The molecule has 21 heavy (non-hydrogen) atoms. The molecular weight excluding hydrogens is 280 g/mol. The number of benzene rings is 1. The van der Waals surface area contributed by atoms with Gasteiger partial charge in [0.2, 0.25) is 0 Å². The van der Waals surface area contributed by atoms with Crippen molar-refractivity contribution < 1.29 is 4.79 Å². The Labute approximate surface area is 127 Å². The second-order valence-electron chi connectivity index (χ2n) is 5.06. The molecule has 1 aromatic carbocycles. The molecule has 1 amide bonds. The van der Waals surface area contributed by atoms with E-state index in [4.69, 9.17) is 0 Å². The molecule has 1 aliphatic heterocycles. The molecule has 4 rings (SSSR count). The minimum absolute atomic E-state index is 0.0960. The quantitative estimate of drug-likeness (QED) is 0.707. The molecule has 0 spiro atoms. The zero-order valence-corrected chi connectivity index (χ0v) is 12.2. The van der Waals surface area contributed by atoms with Crippen LogP contribution in [0.1, 0.15) is 15.2 Å². The summed E-state index contributed by atoms with van der Waals surface area (Å²) in [5.74, 6) is 0.0960. The van der Waals surface area contributed by atoms with E-state index in [1.165, 1.54) is 16.9 Å². The summed E-state index contributed by atoms with van der Waals surface area (Å²) in [5, 5.41) is 1.98. The van der Waals surface area contributed by atoms with Gasteiger partial charge in [-0.15, -0.1) is 11.3 Å². The number of aromatic nitrogens is 1. The van der Waals surface area contributed by atoms with Crippen molar-refractivity contribution in [3.63, 3.8) is 0 Å². The number of para-hydroxylation sites is 1. The molecule has 0 aliphatic carbocycles. The van der Waals surface area contributed by atoms with Gasteiger partial charge in [-0.2, -0.15) is 0 Å². The summed E-state index contributed by atoms with van der Waals surface area (Å²) in [7, 11) is 0. The fourth-order valence-electron chi connectivity index (χ4n) is 2.83. The summed E-state index contributed by atoms with van der Waals surface area (Å²) in [4.78, 5) is 15.6. The van der Waals surface area contributed by atoms with Crippen LogP contribution in [-0.4, -0.2) is 17.0 Å². The molecule has 0 radical (unpaired) electrons. The lowest BCUT2D eigenvalue weighted by Crippen LogP contribution is -2.28. The number of thiophene rings is 1. The molecule has 0 fully saturated rings. The molecule has 0 N–H and O–H groups in total. The van der Waals surface area contributed by atoms with Gasteiger partial charge in [-0.25, -0.2) is 0 Å².